The first-order valence-corrected chi connectivity index (χ1v) is 4.71. The molecule has 0 aromatic heterocycles. The molecule has 0 heterocycles. The van der Waals surface area contributed by atoms with Crippen molar-refractivity contribution in [2.45, 2.75) is 33.2 Å². The van der Waals surface area contributed by atoms with E-state index in [0.717, 1.165) is 13.0 Å². The van der Waals surface area contributed by atoms with Gasteiger partial charge in [0.25, 0.3) is 0 Å². The summed E-state index contributed by atoms with van der Waals surface area (Å²) in [6, 6.07) is 0.511. The van der Waals surface area contributed by atoms with E-state index in [1.165, 1.54) is 0 Å². The molecule has 0 unspecified atom stereocenters. The second-order valence-electron chi connectivity index (χ2n) is 3.50. The number of carbonyl (C=O) groups is 1. The van der Waals surface area contributed by atoms with Crippen LogP contribution in [0.15, 0.2) is 12.2 Å². The van der Waals surface area contributed by atoms with E-state index in [0.29, 0.717) is 18.2 Å². The van der Waals surface area contributed by atoms with E-state index in [1.54, 1.807) is 6.92 Å². The van der Waals surface area contributed by atoms with Crippen LogP contribution in [0.1, 0.15) is 27.2 Å². The van der Waals surface area contributed by atoms with Crippen molar-refractivity contribution in [2.75, 3.05) is 13.1 Å². The molecule has 0 aliphatic carbocycles. The second-order valence-corrected chi connectivity index (χ2v) is 3.50. The highest BCUT2D eigenvalue weighted by molar-refractivity contribution is 5.91. The van der Waals surface area contributed by atoms with Gasteiger partial charge in [-0.25, -0.2) is 0 Å². The summed E-state index contributed by atoms with van der Waals surface area (Å²) in [5.74, 6) is -0.0513. The van der Waals surface area contributed by atoms with Crippen molar-refractivity contribution >= 4 is 5.91 Å². The molecule has 0 bridgehead atoms. The van der Waals surface area contributed by atoms with Crippen molar-refractivity contribution in [2.24, 2.45) is 0 Å². The molecule has 3 nitrogen and oxygen atoms in total. The molecule has 0 radical (unpaired) electrons. The fourth-order valence-corrected chi connectivity index (χ4v) is 0.832. The van der Waals surface area contributed by atoms with Gasteiger partial charge in [0.15, 0.2) is 0 Å². The van der Waals surface area contributed by atoms with Crippen LogP contribution in [-0.4, -0.2) is 25.0 Å². The molecule has 0 saturated heterocycles. The van der Waals surface area contributed by atoms with Gasteiger partial charge in [-0.05, 0) is 19.9 Å². The lowest BCUT2D eigenvalue weighted by atomic mass is 10.3. The van der Waals surface area contributed by atoms with Crippen molar-refractivity contribution < 1.29 is 4.79 Å². The Morgan fingerprint density at radius 3 is 2.46 bits per heavy atom. The summed E-state index contributed by atoms with van der Waals surface area (Å²) < 4.78 is 0. The maximum absolute atomic E-state index is 11.0. The van der Waals surface area contributed by atoms with Crippen LogP contribution < -0.4 is 10.6 Å². The van der Waals surface area contributed by atoms with Gasteiger partial charge in [-0.15, -0.1) is 0 Å². The molecule has 0 spiro atoms. The van der Waals surface area contributed by atoms with Gasteiger partial charge in [-0.2, -0.15) is 0 Å². The first kappa shape index (κ1) is 12.2. The quantitative estimate of drug-likeness (QED) is 0.479. The Morgan fingerprint density at radius 2 is 2.00 bits per heavy atom. The van der Waals surface area contributed by atoms with Gasteiger partial charge in [-0.3, -0.25) is 4.79 Å². The fraction of sp³-hybridized carbons (Fsp3) is 0.700. The minimum Gasteiger partial charge on any atom is -0.352 e. The smallest absolute Gasteiger partial charge is 0.246 e. The van der Waals surface area contributed by atoms with Gasteiger partial charge in [0, 0.05) is 18.2 Å². The molecule has 0 aliphatic heterocycles. The van der Waals surface area contributed by atoms with Gasteiger partial charge in [-0.1, -0.05) is 20.4 Å². The molecule has 0 aliphatic rings. The standard InChI is InChI=1S/C10H20N2O/c1-8(2)10(13)12-7-5-6-11-9(3)4/h9,11H,1,5-7H2,2-4H3,(H,12,13). The predicted octanol–water partition coefficient (Wildman–Crippen LogP) is 1.07. The van der Waals surface area contributed by atoms with Gasteiger partial charge in [0.05, 0.1) is 0 Å². The SMILES string of the molecule is C=C(C)C(=O)NCCCNC(C)C. The highest BCUT2D eigenvalue weighted by atomic mass is 16.1. The molecule has 3 heteroatoms. The summed E-state index contributed by atoms with van der Waals surface area (Å²) in [4.78, 5) is 11.0. The molecule has 0 fully saturated rings. The zero-order chi connectivity index (χ0) is 10.3. The Balaban J connectivity index is 3.26. The first-order valence-electron chi connectivity index (χ1n) is 4.71. The summed E-state index contributed by atoms with van der Waals surface area (Å²) in [6.45, 7) is 11.1. The van der Waals surface area contributed by atoms with Crippen molar-refractivity contribution in [3.05, 3.63) is 12.2 Å². The van der Waals surface area contributed by atoms with E-state index < -0.39 is 0 Å². The molecule has 1 amide bonds. The summed E-state index contributed by atoms with van der Waals surface area (Å²) in [7, 11) is 0. The summed E-state index contributed by atoms with van der Waals surface area (Å²) in [5.41, 5.74) is 0.566. The lowest BCUT2D eigenvalue weighted by Gasteiger charge is -2.08. The lowest BCUT2D eigenvalue weighted by molar-refractivity contribution is -0.117. The summed E-state index contributed by atoms with van der Waals surface area (Å²) >= 11 is 0. The third-order valence-corrected chi connectivity index (χ3v) is 1.58. The average molecular weight is 184 g/mol. The molecule has 0 aromatic rings. The van der Waals surface area contributed by atoms with Crippen molar-refractivity contribution in [1.29, 1.82) is 0 Å². The molecule has 0 atom stereocenters. The Morgan fingerprint density at radius 1 is 1.38 bits per heavy atom. The van der Waals surface area contributed by atoms with Crippen LogP contribution >= 0.6 is 0 Å². The van der Waals surface area contributed by atoms with Gasteiger partial charge >= 0.3 is 0 Å². The molecular weight excluding hydrogens is 164 g/mol. The molecule has 0 aromatic carbocycles. The van der Waals surface area contributed by atoms with Crippen molar-refractivity contribution in [1.82, 2.24) is 10.6 Å². The highest BCUT2D eigenvalue weighted by Gasteiger charge is 1.99. The molecule has 76 valence electrons. The van der Waals surface area contributed by atoms with E-state index in [-0.39, 0.29) is 5.91 Å². The van der Waals surface area contributed by atoms with Crippen LogP contribution in [-0.2, 0) is 4.79 Å². The van der Waals surface area contributed by atoms with Gasteiger partial charge in [0.1, 0.15) is 0 Å². The number of rotatable bonds is 6. The second kappa shape index (κ2) is 6.66. The van der Waals surface area contributed by atoms with Gasteiger partial charge in [0.2, 0.25) is 5.91 Å². The maximum Gasteiger partial charge on any atom is 0.246 e. The topological polar surface area (TPSA) is 41.1 Å². The third kappa shape index (κ3) is 7.53. The number of carbonyl (C=O) groups excluding carboxylic acids is 1. The predicted molar refractivity (Wildman–Crippen MR) is 55.6 cm³/mol. The third-order valence-electron chi connectivity index (χ3n) is 1.58. The Labute approximate surface area is 80.6 Å². The van der Waals surface area contributed by atoms with E-state index >= 15 is 0 Å². The van der Waals surface area contributed by atoms with Crippen LogP contribution in [0.2, 0.25) is 0 Å². The lowest BCUT2D eigenvalue weighted by Crippen LogP contribution is -2.29. The highest BCUT2D eigenvalue weighted by Crippen LogP contribution is 1.85. The largest absolute Gasteiger partial charge is 0.352 e. The molecule has 13 heavy (non-hydrogen) atoms. The van der Waals surface area contributed by atoms with E-state index in [4.69, 9.17) is 0 Å². The number of hydrogen-bond donors (Lipinski definition) is 2. The van der Waals surface area contributed by atoms with Gasteiger partial charge < -0.3 is 10.6 Å². The molecule has 0 rings (SSSR count). The molecule has 0 saturated carbocycles. The van der Waals surface area contributed by atoms with Crippen LogP contribution in [0.3, 0.4) is 0 Å². The average Bonchev–Trinajstić information content (AvgIpc) is 2.02. The monoisotopic (exact) mass is 184 g/mol. The van der Waals surface area contributed by atoms with E-state index in [2.05, 4.69) is 31.1 Å². The number of nitrogens with one attached hydrogen (secondary N) is 2. The normalized spacial score (nSPS) is 10.2. The fourth-order valence-electron chi connectivity index (χ4n) is 0.832. The number of amides is 1. The van der Waals surface area contributed by atoms with Crippen molar-refractivity contribution in [3.8, 4) is 0 Å². The van der Waals surface area contributed by atoms with E-state index in [9.17, 15) is 4.79 Å². The van der Waals surface area contributed by atoms with Crippen LogP contribution in [0.5, 0.6) is 0 Å². The first-order chi connectivity index (χ1) is 6.04. The zero-order valence-corrected chi connectivity index (χ0v) is 8.81. The van der Waals surface area contributed by atoms with Crippen LogP contribution in [0.25, 0.3) is 0 Å². The Bertz CT molecular complexity index is 176. The Hall–Kier alpha value is -0.830. The Kier molecular flexibility index (Phi) is 6.24. The zero-order valence-electron chi connectivity index (χ0n) is 8.81. The van der Waals surface area contributed by atoms with Crippen LogP contribution in [0.4, 0.5) is 0 Å². The molecular formula is C10H20N2O. The minimum absolute atomic E-state index is 0.0513. The summed E-state index contributed by atoms with van der Waals surface area (Å²) in [5, 5.41) is 6.05. The minimum atomic E-state index is -0.0513. The van der Waals surface area contributed by atoms with E-state index in [1.807, 2.05) is 0 Å². The van der Waals surface area contributed by atoms with Crippen molar-refractivity contribution in [3.63, 3.8) is 0 Å². The van der Waals surface area contributed by atoms with Crippen LogP contribution in [0, 0.1) is 0 Å². The maximum atomic E-state index is 11.0. The molecule has 2 N–H and O–H groups in total. The number of hydrogen-bond acceptors (Lipinski definition) is 2. The summed E-state index contributed by atoms with van der Waals surface area (Å²) in [6.07, 6.45) is 0.956.